The van der Waals surface area contributed by atoms with E-state index in [2.05, 4.69) is 10.5 Å². The Morgan fingerprint density at radius 2 is 1.88 bits per heavy atom. The summed E-state index contributed by atoms with van der Waals surface area (Å²) < 4.78 is 16.4. The van der Waals surface area contributed by atoms with E-state index in [9.17, 15) is 5.11 Å². The molecule has 0 saturated heterocycles. The molecule has 8 heteroatoms. The third-order valence-corrected chi connectivity index (χ3v) is 3.75. The van der Waals surface area contributed by atoms with Crippen LogP contribution in [0.3, 0.4) is 0 Å². The van der Waals surface area contributed by atoms with Crippen molar-refractivity contribution < 1.29 is 19.1 Å². The molecular weight excluding hydrogens is 367 g/mol. The van der Waals surface area contributed by atoms with Crippen molar-refractivity contribution in [3.05, 3.63) is 40.7 Å². The van der Waals surface area contributed by atoms with E-state index >= 15 is 0 Å². The van der Waals surface area contributed by atoms with Crippen LogP contribution >= 0.6 is 24.0 Å². The second kappa shape index (κ2) is 10.5. The van der Waals surface area contributed by atoms with Gasteiger partial charge < -0.3 is 24.4 Å². The summed E-state index contributed by atoms with van der Waals surface area (Å²) in [4.78, 5) is 0. The molecule has 0 radical (unpaired) electrons. The van der Waals surface area contributed by atoms with Gasteiger partial charge in [0.05, 0.1) is 0 Å². The highest BCUT2D eigenvalue weighted by atomic mass is 35.5. The molecule has 0 amide bonds. The average molecular weight is 391 g/mol. The number of aliphatic hydroxyl groups excluding tert-OH is 1. The number of aliphatic hydroxyl groups is 1. The normalized spacial score (nSPS) is 11.9. The van der Waals surface area contributed by atoms with Gasteiger partial charge in [0, 0.05) is 12.6 Å². The molecule has 1 unspecified atom stereocenters. The Morgan fingerprint density at radius 1 is 1.24 bits per heavy atom. The summed E-state index contributed by atoms with van der Waals surface area (Å²) in [5.74, 6) is 1.66. The van der Waals surface area contributed by atoms with Gasteiger partial charge >= 0.3 is 0 Å². The first-order chi connectivity index (χ1) is 11.5. The number of hydrogen-bond donors (Lipinski definition) is 2. The summed E-state index contributed by atoms with van der Waals surface area (Å²) in [7, 11) is 0. The fourth-order valence-corrected chi connectivity index (χ4v) is 2.07. The summed E-state index contributed by atoms with van der Waals surface area (Å²) in [5, 5.41) is 17.4. The Balaban J connectivity index is 0.00000312. The van der Waals surface area contributed by atoms with Gasteiger partial charge in [-0.25, -0.2) is 0 Å². The number of nitrogens with zero attached hydrogens (tertiary/aromatic N) is 1. The lowest BCUT2D eigenvalue weighted by Crippen LogP contribution is -2.35. The molecule has 0 spiro atoms. The van der Waals surface area contributed by atoms with Crippen LogP contribution in [-0.2, 0) is 6.61 Å². The fourth-order valence-electron chi connectivity index (χ4n) is 1.95. The van der Waals surface area contributed by atoms with Gasteiger partial charge in [0.1, 0.15) is 30.0 Å². The quantitative estimate of drug-likeness (QED) is 0.683. The van der Waals surface area contributed by atoms with E-state index in [0.29, 0.717) is 40.6 Å². The van der Waals surface area contributed by atoms with E-state index in [-0.39, 0.29) is 25.6 Å². The van der Waals surface area contributed by atoms with E-state index in [0.717, 1.165) is 0 Å². The molecule has 1 aromatic heterocycles. The zero-order valence-corrected chi connectivity index (χ0v) is 16.1. The summed E-state index contributed by atoms with van der Waals surface area (Å²) >= 11 is 6.07. The largest absolute Gasteiger partial charge is 0.487 e. The number of para-hydroxylation sites is 2. The smallest absolute Gasteiger partial charge is 0.161 e. The Bertz CT molecular complexity index is 649. The molecule has 2 N–H and O–H groups in total. The van der Waals surface area contributed by atoms with E-state index in [1.807, 2.05) is 26.0 Å². The van der Waals surface area contributed by atoms with Crippen molar-refractivity contribution in [1.82, 2.24) is 10.5 Å². The van der Waals surface area contributed by atoms with Gasteiger partial charge in [0.25, 0.3) is 0 Å². The molecule has 25 heavy (non-hydrogen) atoms. The molecule has 1 heterocycles. The van der Waals surface area contributed by atoms with Gasteiger partial charge in [-0.3, -0.25) is 0 Å². The number of benzene rings is 1. The van der Waals surface area contributed by atoms with Crippen LogP contribution in [0.1, 0.15) is 25.3 Å². The van der Waals surface area contributed by atoms with Crippen LogP contribution in [-0.4, -0.2) is 35.6 Å². The van der Waals surface area contributed by atoms with Crippen molar-refractivity contribution in [3.8, 4) is 11.5 Å². The van der Waals surface area contributed by atoms with Crippen LogP contribution < -0.4 is 14.8 Å². The third-order valence-electron chi connectivity index (χ3n) is 3.26. The molecule has 0 aliphatic heterocycles. The highest BCUT2D eigenvalue weighted by molar-refractivity contribution is 6.31. The van der Waals surface area contributed by atoms with Crippen molar-refractivity contribution in [3.63, 3.8) is 0 Å². The minimum absolute atomic E-state index is 0. The van der Waals surface area contributed by atoms with Crippen LogP contribution in [0.15, 0.2) is 28.8 Å². The number of hydrogen-bond acceptors (Lipinski definition) is 6. The number of rotatable bonds is 9. The second-order valence-corrected chi connectivity index (χ2v) is 6.14. The van der Waals surface area contributed by atoms with E-state index in [1.54, 1.807) is 19.1 Å². The summed E-state index contributed by atoms with van der Waals surface area (Å²) in [6.07, 6.45) is -0.604. The van der Waals surface area contributed by atoms with E-state index in [1.165, 1.54) is 0 Å². The topological polar surface area (TPSA) is 76.8 Å². The lowest BCUT2D eigenvalue weighted by atomic mass is 10.3. The van der Waals surface area contributed by atoms with Crippen LogP contribution in [0.4, 0.5) is 0 Å². The first-order valence-corrected chi connectivity index (χ1v) is 8.22. The molecular formula is C17H24Cl2N2O4. The highest BCUT2D eigenvalue weighted by Crippen LogP contribution is 2.28. The molecule has 2 rings (SSSR count). The van der Waals surface area contributed by atoms with Crippen molar-refractivity contribution in [2.45, 2.75) is 39.5 Å². The van der Waals surface area contributed by atoms with Crippen LogP contribution in [0.5, 0.6) is 11.5 Å². The van der Waals surface area contributed by atoms with Gasteiger partial charge in [-0.15, -0.1) is 12.4 Å². The number of nitrogens with one attached hydrogen (secondary N) is 1. The Kier molecular flexibility index (Phi) is 9.06. The van der Waals surface area contributed by atoms with Gasteiger partial charge in [-0.1, -0.05) is 42.7 Å². The maximum absolute atomic E-state index is 9.93. The van der Waals surface area contributed by atoms with Crippen molar-refractivity contribution >= 4 is 24.0 Å². The van der Waals surface area contributed by atoms with Crippen molar-refractivity contribution in [2.75, 3.05) is 13.2 Å². The molecule has 1 atom stereocenters. The van der Waals surface area contributed by atoms with Gasteiger partial charge in [0.2, 0.25) is 0 Å². The number of halogens is 2. The average Bonchev–Trinajstić information content (AvgIpc) is 2.88. The Morgan fingerprint density at radius 3 is 2.44 bits per heavy atom. The molecule has 0 saturated carbocycles. The first kappa shape index (κ1) is 21.6. The summed E-state index contributed by atoms with van der Waals surface area (Å²) in [5.41, 5.74) is 0.533. The lowest BCUT2D eigenvalue weighted by molar-refractivity contribution is 0.102. The summed E-state index contributed by atoms with van der Waals surface area (Å²) in [6.45, 7) is 6.59. The predicted molar refractivity (Wildman–Crippen MR) is 98.9 cm³/mol. The van der Waals surface area contributed by atoms with Crippen LogP contribution in [0.25, 0.3) is 0 Å². The summed E-state index contributed by atoms with van der Waals surface area (Å²) in [6, 6.07) is 7.57. The number of aryl methyl sites for hydroxylation is 1. The molecule has 140 valence electrons. The van der Waals surface area contributed by atoms with E-state index in [4.69, 9.17) is 25.6 Å². The monoisotopic (exact) mass is 390 g/mol. The first-order valence-electron chi connectivity index (χ1n) is 7.84. The van der Waals surface area contributed by atoms with E-state index < -0.39 is 6.10 Å². The lowest BCUT2D eigenvalue weighted by Gasteiger charge is -2.16. The number of aromatic nitrogens is 1. The Hall–Kier alpha value is -1.47. The SMILES string of the molecule is Cc1onc(COc2ccccc2OCC(O)CNC(C)C)c1Cl.Cl. The molecule has 2 aromatic rings. The molecule has 0 fully saturated rings. The maximum atomic E-state index is 9.93. The van der Waals surface area contributed by atoms with Crippen molar-refractivity contribution in [1.29, 1.82) is 0 Å². The van der Waals surface area contributed by atoms with Crippen LogP contribution in [0.2, 0.25) is 5.02 Å². The molecule has 1 aromatic carbocycles. The second-order valence-electron chi connectivity index (χ2n) is 5.76. The molecule has 0 aliphatic carbocycles. The highest BCUT2D eigenvalue weighted by Gasteiger charge is 2.13. The molecule has 0 bridgehead atoms. The minimum Gasteiger partial charge on any atom is -0.487 e. The third kappa shape index (κ3) is 6.74. The van der Waals surface area contributed by atoms with Crippen molar-refractivity contribution in [2.24, 2.45) is 0 Å². The predicted octanol–water partition coefficient (Wildman–Crippen LogP) is 3.37. The minimum atomic E-state index is -0.604. The molecule has 6 nitrogen and oxygen atoms in total. The van der Waals surface area contributed by atoms with Crippen LogP contribution in [0, 0.1) is 6.92 Å². The Labute approximate surface area is 158 Å². The fraction of sp³-hybridized carbons (Fsp3) is 0.471. The number of ether oxygens (including phenoxy) is 2. The standard InChI is InChI=1S/C17H23ClN2O4.ClH/c1-11(2)19-8-13(21)9-22-15-6-4-5-7-16(15)23-10-14-17(18)12(3)24-20-14;/h4-7,11,13,19,21H,8-10H2,1-3H3;1H. The van der Waals surface area contributed by atoms with Gasteiger partial charge in [-0.2, -0.15) is 0 Å². The maximum Gasteiger partial charge on any atom is 0.161 e. The zero-order chi connectivity index (χ0) is 17.5. The zero-order valence-electron chi connectivity index (χ0n) is 14.5. The molecule has 0 aliphatic rings. The van der Waals surface area contributed by atoms with Gasteiger partial charge in [0.15, 0.2) is 17.3 Å². The van der Waals surface area contributed by atoms with Gasteiger partial charge in [-0.05, 0) is 19.1 Å².